The van der Waals surface area contributed by atoms with Crippen LogP contribution in [0.3, 0.4) is 0 Å². The fraction of sp³-hybridized carbons (Fsp3) is 0.231. The van der Waals surface area contributed by atoms with Crippen molar-refractivity contribution in [1.82, 2.24) is 14.3 Å². The maximum Gasteiger partial charge on any atom is 0.243 e. The average Bonchev–Trinajstić information content (AvgIpc) is 2.93. The Morgan fingerprint density at radius 3 is 2.06 bits per heavy atom. The second-order valence-corrected chi connectivity index (χ2v) is 10.6. The van der Waals surface area contributed by atoms with E-state index in [0.29, 0.717) is 41.1 Å². The molecule has 0 bridgehead atoms. The van der Waals surface area contributed by atoms with E-state index in [-0.39, 0.29) is 37.0 Å². The molecule has 3 aromatic carbocycles. The molecule has 0 amide bonds. The van der Waals surface area contributed by atoms with Gasteiger partial charge in [0.15, 0.2) is 0 Å². The van der Waals surface area contributed by atoms with Gasteiger partial charge in [-0.15, -0.1) is 0 Å². The number of anilines is 2. The first-order valence-electron chi connectivity index (χ1n) is 11.6. The molecule has 4 aromatic rings. The molecule has 0 atom stereocenters. The summed E-state index contributed by atoms with van der Waals surface area (Å²) in [5.41, 5.74) is 9.88. The zero-order valence-corrected chi connectivity index (χ0v) is 20.4. The predicted molar refractivity (Wildman–Crippen MR) is 139 cm³/mol. The number of rotatable bonds is 6. The van der Waals surface area contributed by atoms with Gasteiger partial charge in [-0.25, -0.2) is 13.4 Å². The van der Waals surface area contributed by atoms with Crippen molar-refractivity contribution < 1.29 is 18.6 Å². The molecule has 0 aliphatic carbocycles. The van der Waals surface area contributed by atoms with Gasteiger partial charge >= 0.3 is 0 Å². The molecule has 9 nitrogen and oxygen atoms in total. The van der Waals surface area contributed by atoms with E-state index < -0.39 is 10.0 Å². The standard InChI is InChI=1S/C26H27N5O4S/c27-25-23-14-20(16-32)21(17-33)15-24(23)28-26(29-25)30-10-12-31(13-11-30)36(34,35)22-8-6-19(7-9-22)18-4-2-1-3-5-18/h1-9,14-15,32-33H,10-13,16-17H2,(H2,27,28,29). The fourth-order valence-electron chi connectivity index (χ4n) is 4.44. The number of nitrogens with two attached hydrogens (primary N) is 1. The molecule has 1 aliphatic rings. The largest absolute Gasteiger partial charge is 0.392 e. The second-order valence-electron chi connectivity index (χ2n) is 8.64. The summed E-state index contributed by atoms with van der Waals surface area (Å²) in [4.78, 5) is 11.2. The Morgan fingerprint density at radius 2 is 1.42 bits per heavy atom. The molecular weight excluding hydrogens is 478 g/mol. The van der Waals surface area contributed by atoms with E-state index in [4.69, 9.17) is 5.73 Å². The van der Waals surface area contributed by atoms with Gasteiger partial charge in [0.25, 0.3) is 0 Å². The number of aliphatic hydroxyl groups excluding tert-OH is 2. The van der Waals surface area contributed by atoms with Crippen molar-refractivity contribution in [3.63, 3.8) is 0 Å². The number of fused-ring (bicyclic) bond motifs is 1. The number of benzene rings is 3. The van der Waals surface area contributed by atoms with Crippen molar-refractivity contribution in [2.75, 3.05) is 36.8 Å². The van der Waals surface area contributed by atoms with Crippen molar-refractivity contribution in [2.45, 2.75) is 18.1 Å². The van der Waals surface area contributed by atoms with Gasteiger partial charge in [0, 0.05) is 31.6 Å². The lowest BCUT2D eigenvalue weighted by molar-refractivity contribution is 0.260. The monoisotopic (exact) mass is 505 g/mol. The summed E-state index contributed by atoms with van der Waals surface area (Å²) in [5, 5.41) is 19.7. The first kappa shape index (κ1) is 24.1. The molecule has 0 unspecified atom stereocenters. The van der Waals surface area contributed by atoms with Gasteiger partial charge in [-0.3, -0.25) is 0 Å². The molecule has 2 heterocycles. The normalized spacial score (nSPS) is 14.9. The zero-order valence-electron chi connectivity index (χ0n) is 19.6. The van der Waals surface area contributed by atoms with Crippen LogP contribution in [0.15, 0.2) is 71.6 Å². The summed E-state index contributed by atoms with van der Waals surface area (Å²) in [6.07, 6.45) is 0. The SMILES string of the molecule is Nc1nc(N2CCN(S(=O)(=O)c3ccc(-c4ccccc4)cc3)CC2)nc2cc(CO)c(CO)cc12. The number of hydrogen-bond donors (Lipinski definition) is 3. The van der Waals surface area contributed by atoms with E-state index in [1.807, 2.05) is 47.4 Å². The van der Waals surface area contributed by atoms with Crippen molar-refractivity contribution in [2.24, 2.45) is 0 Å². The summed E-state index contributed by atoms with van der Waals surface area (Å²) in [6.45, 7) is 0.943. The number of piperazine rings is 1. The molecule has 1 saturated heterocycles. The Kier molecular flexibility index (Phi) is 6.59. The van der Waals surface area contributed by atoms with E-state index in [0.717, 1.165) is 11.1 Å². The van der Waals surface area contributed by atoms with Crippen LogP contribution in [-0.2, 0) is 23.2 Å². The van der Waals surface area contributed by atoms with Crippen molar-refractivity contribution in [3.05, 3.63) is 77.9 Å². The summed E-state index contributed by atoms with van der Waals surface area (Å²) in [7, 11) is -3.64. The van der Waals surface area contributed by atoms with E-state index >= 15 is 0 Å². The van der Waals surface area contributed by atoms with Crippen LogP contribution in [0.5, 0.6) is 0 Å². The third-order valence-electron chi connectivity index (χ3n) is 6.50. The van der Waals surface area contributed by atoms with E-state index in [1.165, 1.54) is 4.31 Å². The number of aromatic nitrogens is 2. The minimum atomic E-state index is -3.64. The molecule has 0 saturated carbocycles. The lowest BCUT2D eigenvalue weighted by Gasteiger charge is -2.34. The van der Waals surface area contributed by atoms with E-state index in [1.54, 1.807) is 24.3 Å². The molecule has 1 aromatic heterocycles. The minimum absolute atomic E-state index is 0.224. The maximum absolute atomic E-state index is 13.3. The molecule has 0 spiro atoms. The first-order valence-corrected chi connectivity index (χ1v) is 13.1. The van der Waals surface area contributed by atoms with E-state index in [2.05, 4.69) is 9.97 Å². The fourth-order valence-corrected chi connectivity index (χ4v) is 5.86. The van der Waals surface area contributed by atoms with Crippen LogP contribution in [-0.4, -0.2) is 59.1 Å². The molecule has 1 fully saturated rings. The highest BCUT2D eigenvalue weighted by Gasteiger charge is 2.29. The van der Waals surface area contributed by atoms with Crippen LogP contribution in [0.2, 0.25) is 0 Å². The number of aliphatic hydroxyl groups is 2. The predicted octanol–water partition coefficient (Wildman–Crippen LogP) is 2.37. The van der Waals surface area contributed by atoms with Gasteiger partial charge in [-0.05, 0) is 46.5 Å². The summed E-state index contributed by atoms with van der Waals surface area (Å²) in [6, 6.07) is 20.1. The van der Waals surface area contributed by atoms with Gasteiger partial charge in [-0.2, -0.15) is 9.29 Å². The minimum Gasteiger partial charge on any atom is -0.392 e. The lowest BCUT2D eigenvalue weighted by atomic mass is 10.1. The van der Waals surface area contributed by atoms with Crippen LogP contribution >= 0.6 is 0 Å². The van der Waals surface area contributed by atoms with Crippen molar-refractivity contribution >= 4 is 32.7 Å². The number of hydrogen-bond acceptors (Lipinski definition) is 8. The zero-order chi connectivity index (χ0) is 25.3. The van der Waals surface area contributed by atoms with Gasteiger partial charge < -0.3 is 20.8 Å². The second kappa shape index (κ2) is 9.82. The number of nitrogen functional groups attached to an aromatic ring is 1. The van der Waals surface area contributed by atoms with Crippen molar-refractivity contribution in [3.8, 4) is 11.1 Å². The van der Waals surface area contributed by atoms with Crippen LogP contribution in [0.25, 0.3) is 22.0 Å². The third kappa shape index (κ3) is 4.51. The van der Waals surface area contributed by atoms with Crippen LogP contribution in [0.1, 0.15) is 11.1 Å². The van der Waals surface area contributed by atoms with Crippen molar-refractivity contribution in [1.29, 1.82) is 0 Å². The smallest absolute Gasteiger partial charge is 0.243 e. The van der Waals surface area contributed by atoms with E-state index in [9.17, 15) is 18.6 Å². The summed E-state index contributed by atoms with van der Waals surface area (Å²) < 4.78 is 28.0. The Hall–Kier alpha value is -3.57. The Balaban J connectivity index is 1.33. The molecule has 10 heteroatoms. The molecule has 186 valence electrons. The molecule has 1 aliphatic heterocycles. The van der Waals surface area contributed by atoms with Crippen LogP contribution < -0.4 is 10.6 Å². The van der Waals surface area contributed by atoms with Gasteiger partial charge in [0.05, 0.1) is 23.6 Å². The summed E-state index contributed by atoms with van der Waals surface area (Å²) >= 11 is 0. The average molecular weight is 506 g/mol. The van der Waals surface area contributed by atoms with Gasteiger partial charge in [0.1, 0.15) is 5.82 Å². The van der Waals surface area contributed by atoms with Gasteiger partial charge in [-0.1, -0.05) is 42.5 Å². The maximum atomic E-state index is 13.3. The highest BCUT2D eigenvalue weighted by Crippen LogP contribution is 2.27. The highest BCUT2D eigenvalue weighted by molar-refractivity contribution is 7.89. The quantitative estimate of drug-likeness (QED) is 0.364. The Bertz CT molecular complexity index is 1490. The van der Waals surface area contributed by atoms with Crippen LogP contribution in [0, 0.1) is 0 Å². The highest BCUT2D eigenvalue weighted by atomic mass is 32.2. The van der Waals surface area contributed by atoms with Gasteiger partial charge in [0.2, 0.25) is 16.0 Å². The summed E-state index contributed by atoms with van der Waals surface area (Å²) in [5.74, 6) is 0.674. The molecule has 0 radical (unpaired) electrons. The Morgan fingerprint density at radius 1 is 0.806 bits per heavy atom. The number of nitrogens with zero attached hydrogens (tertiary/aromatic N) is 4. The van der Waals surface area contributed by atoms with Crippen LogP contribution in [0.4, 0.5) is 11.8 Å². The number of sulfonamides is 1. The molecule has 4 N–H and O–H groups in total. The lowest BCUT2D eigenvalue weighted by Crippen LogP contribution is -2.49. The molecular formula is C26H27N5O4S. The first-order chi connectivity index (χ1) is 17.4. The topological polar surface area (TPSA) is 133 Å². The molecule has 5 rings (SSSR count). The molecule has 36 heavy (non-hydrogen) atoms. The Labute approximate surface area is 209 Å². The third-order valence-corrected chi connectivity index (χ3v) is 8.41.